The summed E-state index contributed by atoms with van der Waals surface area (Å²) in [6.45, 7) is 0. The number of para-hydroxylation sites is 1. The van der Waals surface area contributed by atoms with Crippen molar-refractivity contribution in [2.45, 2.75) is 0 Å². The van der Waals surface area contributed by atoms with Crippen molar-refractivity contribution in [2.24, 2.45) is 0 Å². The van der Waals surface area contributed by atoms with Crippen LogP contribution in [0, 0.1) is 0 Å². The van der Waals surface area contributed by atoms with E-state index in [0.717, 1.165) is 11.4 Å². The second-order valence-electron chi connectivity index (χ2n) is 5.33. The number of carbonyl (C=O) groups excluding carboxylic acids is 1. The first-order chi connectivity index (χ1) is 12.2. The van der Waals surface area contributed by atoms with E-state index < -0.39 is 0 Å². The van der Waals surface area contributed by atoms with Crippen LogP contribution in [0.1, 0.15) is 10.4 Å². The average molecular weight is 334 g/mol. The fourth-order valence-corrected chi connectivity index (χ4v) is 2.34. The summed E-state index contributed by atoms with van der Waals surface area (Å²) < 4.78 is 4.74. The topological polar surface area (TPSA) is 67.3 Å². The van der Waals surface area contributed by atoms with Crippen LogP contribution in [0.5, 0.6) is 0 Å². The molecule has 0 unspecified atom stereocenters. The number of carbonyl (C=O) groups is 1. The van der Waals surface area contributed by atoms with E-state index in [4.69, 9.17) is 4.74 Å². The Morgan fingerprint density at radius 3 is 2.64 bits per heavy atom. The molecule has 0 radical (unpaired) electrons. The summed E-state index contributed by atoms with van der Waals surface area (Å²) in [4.78, 5) is 22.4. The van der Waals surface area contributed by atoms with Crippen LogP contribution in [0.25, 0.3) is 0 Å². The second kappa shape index (κ2) is 7.44. The molecule has 0 amide bonds. The van der Waals surface area contributed by atoms with Crippen molar-refractivity contribution < 1.29 is 9.53 Å². The molecular formula is C19H18N4O2. The highest BCUT2D eigenvalue weighted by atomic mass is 16.5. The SMILES string of the molecule is COC(=O)c1cccc(Nc2ccnc(N(C)c3ccccc3)n2)c1. The van der Waals surface area contributed by atoms with Gasteiger partial charge in [-0.3, -0.25) is 0 Å². The van der Waals surface area contributed by atoms with E-state index in [1.807, 2.05) is 48.3 Å². The van der Waals surface area contributed by atoms with Gasteiger partial charge >= 0.3 is 5.97 Å². The van der Waals surface area contributed by atoms with Crippen molar-refractivity contribution in [1.82, 2.24) is 9.97 Å². The molecule has 0 saturated carbocycles. The lowest BCUT2D eigenvalue weighted by atomic mass is 10.2. The molecule has 0 fully saturated rings. The van der Waals surface area contributed by atoms with E-state index in [0.29, 0.717) is 17.3 Å². The standard InChI is InChI=1S/C19H18N4O2/c1-23(16-9-4-3-5-10-16)19-20-12-11-17(22-19)21-15-8-6-7-14(13-15)18(24)25-2/h3-13H,1-2H3,(H,20,21,22). The van der Waals surface area contributed by atoms with Crippen LogP contribution >= 0.6 is 0 Å². The Morgan fingerprint density at radius 2 is 1.88 bits per heavy atom. The zero-order valence-electron chi connectivity index (χ0n) is 14.0. The maximum Gasteiger partial charge on any atom is 0.337 e. The van der Waals surface area contributed by atoms with E-state index in [9.17, 15) is 4.79 Å². The van der Waals surface area contributed by atoms with Crippen molar-refractivity contribution >= 4 is 29.1 Å². The molecule has 0 saturated heterocycles. The van der Waals surface area contributed by atoms with Crippen LogP contribution in [0.15, 0.2) is 66.9 Å². The third-order valence-electron chi connectivity index (χ3n) is 3.64. The highest BCUT2D eigenvalue weighted by molar-refractivity contribution is 5.90. The molecule has 0 spiro atoms. The zero-order chi connectivity index (χ0) is 17.6. The normalized spacial score (nSPS) is 10.2. The third kappa shape index (κ3) is 3.92. The van der Waals surface area contributed by atoms with Gasteiger partial charge in [0.15, 0.2) is 0 Å². The Kier molecular flexibility index (Phi) is 4.89. The smallest absolute Gasteiger partial charge is 0.337 e. The Hall–Kier alpha value is -3.41. The predicted octanol–water partition coefficient (Wildman–Crippen LogP) is 3.77. The average Bonchev–Trinajstić information content (AvgIpc) is 2.68. The number of nitrogens with zero attached hydrogens (tertiary/aromatic N) is 3. The van der Waals surface area contributed by atoms with E-state index >= 15 is 0 Å². The van der Waals surface area contributed by atoms with Gasteiger partial charge in [-0.1, -0.05) is 24.3 Å². The highest BCUT2D eigenvalue weighted by Crippen LogP contribution is 2.22. The predicted molar refractivity (Wildman–Crippen MR) is 97.6 cm³/mol. The molecule has 1 aromatic heterocycles. The molecule has 3 rings (SSSR count). The molecule has 0 bridgehead atoms. The van der Waals surface area contributed by atoms with Crippen LogP contribution < -0.4 is 10.2 Å². The van der Waals surface area contributed by atoms with Crippen LogP contribution in [-0.4, -0.2) is 30.1 Å². The third-order valence-corrected chi connectivity index (χ3v) is 3.64. The molecule has 2 aromatic carbocycles. The molecule has 6 nitrogen and oxygen atoms in total. The van der Waals surface area contributed by atoms with E-state index in [1.165, 1.54) is 7.11 Å². The quantitative estimate of drug-likeness (QED) is 0.716. The van der Waals surface area contributed by atoms with Gasteiger partial charge in [-0.25, -0.2) is 9.78 Å². The number of esters is 1. The summed E-state index contributed by atoms with van der Waals surface area (Å²) in [5.41, 5.74) is 2.21. The van der Waals surface area contributed by atoms with Gasteiger partial charge in [0.2, 0.25) is 5.95 Å². The van der Waals surface area contributed by atoms with Crippen LogP contribution in [-0.2, 0) is 4.74 Å². The fourth-order valence-electron chi connectivity index (χ4n) is 2.34. The minimum Gasteiger partial charge on any atom is -0.465 e. The number of hydrogen-bond acceptors (Lipinski definition) is 6. The lowest BCUT2D eigenvalue weighted by Gasteiger charge is -2.17. The summed E-state index contributed by atoms with van der Waals surface area (Å²) in [6.07, 6.45) is 1.69. The maximum atomic E-state index is 11.6. The number of benzene rings is 2. The number of anilines is 4. The summed E-state index contributed by atoms with van der Waals surface area (Å²) in [7, 11) is 3.27. The number of methoxy groups -OCH3 is 1. The van der Waals surface area contributed by atoms with Gasteiger partial charge in [-0.2, -0.15) is 4.98 Å². The van der Waals surface area contributed by atoms with Crippen LogP contribution in [0.3, 0.4) is 0 Å². The number of aromatic nitrogens is 2. The van der Waals surface area contributed by atoms with Crippen molar-refractivity contribution in [3.8, 4) is 0 Å². The molecule has 0 atom stereocenters. The summed E-state index contributed by atoms with van der Waals surface area (Å²) in [5, 5.41) is 3.18. The summed E-state index contributed by atoms with van der Waals surface area (Å²) >= 11 is 0. The van der Waals surface area contributed by atoms with Crippen LogP contribution in [0.4, 0.5) is 23.1 Å². The first-order valence-electron chi connectivity index (χ1n) is 7.74. The van der Waals surface area contributed by atoms with Crippen LogP contribution in [0.2, 0.25) is 0 Å². The molecule has 0 aliphatic heterocycles. The van der Waals surface area contributed by atoms with E-state index in [2.05, 4.69) is 15.3 Å². The molecule has 25 heavy (non-hydrogen) atoms. The molecule has 6 heteroatoms. The Balaban J connectivity index is 1.82. The lowest BCUT2D eigenvalue weighted by molar-refractivity contribution is 0.0601. The van der Waals surface area contributed by atoms with Gasteiger partial charge in [0.05, 0.1) is 12.7 Å². The van der Waals surface area contributed by atoms with Gasteiger partial charge < -0.3 is 15.0 Å². The van der Waals surface area contributed by atoms with Crippen molar-refractivity contribution in [2.75, 3.05) is 24.4 Å². The van der Waals surface area contributed by atoms with Crippen molar-refractivity contribution in [3.05, 3.63) is 72.4 Å². The van der Waals surface area contributed by atoms with Gasteiger partial charge in [-0.05, 0) is 36.4 Å². The maximum absolute atomic E-state index is 11.6. The summed E-state index contributed by atoms with van der Waals surface area (Å²) in [5.74, 6) is 0.825. The van der Waals surface area contributed by atoms with Crippen molar-refractivity contribution in [1.29, 1.82) is 0 Å². The molecular weight excluding hydrogens is 316 g/mol. The second-order valence-corrected chi connectivity index (χ2v) is 5.33. The van der Waals surface area contributed by atoms with Gasteiger partial charge in [0.1, 0.15) is 5.82 Å². The minimum absolute atomic E-state index is 0.379. The van der Waals surface area contributed by atoms with Gasteiger partial charge in [0.25, 0.3) is 0 Å². The number of hydrogen-bond donors (Lipinski definition) is 1. The molecule has 1 heterocycles. The monoisotopic (exact) mass is 334 g/mol. The highest BCUT2D eigenvalue weighted by Gasteiger charge is 2.09. The number of nitrogens with one attached hydrogen (secondary N) is 1. The summed E-state index contributed by atoms with van der Waals surface area (Å²) in [6, 6.07) is 18.7. The zero-order valence-corrected chi connectivity index (χ0v) is 14.0. The first-order valence-corrected chi connectivity index (χ1v) is 7.74. The molecule has 0 aliphatic rings. The minimum atomic E-state index is -0.379. The van der Waals surface area contributed by atoms with Gasteiger partial charge in [-0.15, -0.1) is 0 Å². The van der Waals surface area contributed by atoms with E-state index in [-0.39, 0.29) is 5.97 Å². The fraction of sp³-hybridized carbons (Fsp3) is 0.105. The Labute approximate surface area is 146 Å². The first kappa shape index (κ1) is 16.4. The van der Waals surface area contributed by atoms with E-state index in [1.54, 1.807) is 30.5 Å². The molecule has 0 aliphatic carbocycles. The van der Waals surface area contributed by atoms with Crippen molar-refractivity contribution in [3.63, 3.8) is 0 Å². The largest absolute Gasteiger partial charge is 0.465 e. The molecule has 3 aromatic rings. The van der Waals surface area contributed by atoms with Gasteiger partial charge in [0, 0.05) is 24.6 Å². The number of rotatable bonds is 5. The molecule has 1 N–H and O–H groups in total. The number of ether oxygens (including phenoxy) is 1. The Morgan fingerprint density at radius 1 is 1.08 bits per heavy atom. The Bertz CT molecular complexity index is 868. The lowest BCUT2D eigenvalue weighted by Crippen LogP contribution is -2.13. The molecule has 126 valence electrons.